The van der Waals surface area contributed by atoms with E-state index in [-0.39, 0.29) is 4.90 Å². The third kappa shape index (κ3) is 4.00. The summed E-state index contributed by atoms with van der Waals surface area (Å²) < 4.78 is 37.9. The molecule has 0 unspecified atom stereocenters. The number of methoxy groups -OCH3 is 2. The van der Waals surface area contributed by atoms with Crippen LogP contribution in [0.25, 0.3) is 0 Å². The van der Waals surface area contributed by atoms with Crippen molar-refractivity contribution in [2.24, 2.45) is 0 Å². The Bertz CT molecular complexity index is 785. The lowest BCUT2D eigenvalue weighted by Gasteiger charge is -2.13. The predicted octanol–water partition coefficient (Wildman–Crippen LogP) is 4.02. The monoisotopic (exact) mass is 349 g/mol. The highest BCUT2D eigenvalue weighted by molar-refractivity contribution is 7.92. The number of hydrogen-bond donors (Lipinski definition) is 1. The topological polar surface area (TPSA) is 64.6 Å². The van der Waals surface area contributed by atoms with Gasteiger partial charge in [0.05, 0.1) is 24.8 Å². The van der Waals surface area contributed by atoms with Gasteiger partial charge < -0.3 is 9.47 Å². The Morgan fingerprint density at radius 1 is 1.00 bits per heavy atom. The van der Waals surface area contributed by atoms with E-state index in [1.54, 1.807) is 30.3 Å². The van der Waals surface area contributed by atoms with Crippen LogP contribution in [0.15, 0.2) is 47.4 Å². The first kappa shape index (κ1) is 18.1. The highest BCUT2D eigenvalue weighted by Crippen LogP contribution is 2.31. The van der Waals surface area contributed by atoms with Gasteiger partial charge in [0, 0.05) is 6.07 Å². The minimum Gasteiger partial charge on any atom is -0.493 e. The standard InChI is InChI=1S/C18H23NO4S/c1-5-13(2)14-6-9-16(10-7-14)24(20,21)19-15-8-11-17(22-3)18(12-15)23-4/h6-13,19H,5H2,1-4H3/t13-/m0/s1. The Morgan fingerprint density at radius 2 is 1.62 bits per heavy atom. The molecular weight excluding hydrogens is 326 g/mol. The van der Waals surface area contributed by atoms with E-state index < -0.39 is 10.0 Å². The molecule has 1 atom stereocenters. The van der Waals surface area contributed by atoms with E-state index in [9.17, 15) is 8.42 Å². The molecule has 130 valence electrons. The second-order valence-electron chi connectivity index (χ2n) is 5.55. The summed E-state index contributed by atoms with van der Waals surface area (Å²) in [6.07, 6.45) is 1.01. The number of benzene rings is 2. The van der Waals surface area contributed by atoms with E-state index in [4.69, 9.17) is 9.47 Å². The van der Waals surface area contributed by atoms with Crippen molar-refractivity contribution in [3.63, 3.8) is 0 Å². The van der Waals surface area contributed by atoms with Crippen molar-refractivity contribution in [2.45, 2.75) is 31.1 Å². The number of hydrogen-bond acceptors (Lipinski definition) is 4. The van der Waals surface area contributed by atoms with Crippen LogP contribution in [0, 0.1) is 0 Å². The van der Waals surface area contributed by atoms with Crippen LogP contribution in [0.1, 0.15) is 31.7 Å². The average Bonchev–Trinajstić information content (AvgIpc) is 2.60. The maximum absolute atomic E-state index is 12.5. The summed E-state index contributed by atoms with van der Waals surface area (Å²) in [5.74, 6) is 1.41. The van der Waals surface area contributed by atoms with E-state index in [0.29, 0.717) is 23.1 Å². The normalized spacial score (nSPS) is 12.5. The molecule has 0 bridgehead atoms. The SMILES string of the molecule is CC[C@H](C)c1ccc(S(=O)(=O)Nc2ccc(OC)c(OC)c2)cc1. The molecule has 0 aliphatic carbocycles. The van der Waals surface area contributed by atoms with Gasteiger partial charge in [-0.1, -0.05) is 26.0 Å². The molecule has 0 aromatic heterocycles. The summed E-state index contributed by atoms with van der Waals surface area (Å²) in [6.45, 7) is 4.22. The van der Waals surface area contributed by atoms with Gasteiger partial charge in [-0.3, -0.25) is 4.72 Å². The Hall–Kier alpha value is -2.21. The van der Waals surface area contributed by atoms with Crippen LogP contribution in [0.4, 0.5) is 5.69 Å². The first-order valence-corrected chi connectivity index (χ1v) is 9.24. The van der Waals surface area contributed by atoms with Gasteiger partial charge in [0.2, 0.25) is 0 Å². The first-order valence-electron chi connectivity index (χ1n) is 7.76. The van der Waals surface area contributed by atoms with Gasteiger partial charge >= 0.3 is 0 Å². The fraction of sp³-hybridized carbons (Fsp3) is 0.333. The summed E-state index contributed by atoms with van der Waals surface area (Å²) in [7, 11) is -0.621. The van der Waals surface area contributed by atoms with E-state index in [0.717, 1.165) is 12.0 Å². The number of nitrogens with one attached hydrogen (secondary N) is 1. The van der Waals surface area contributed by atoms with Crippen LogP contribution >= 0.6 is 0 Å². The molecule has 1 N–H and O–H groups in total. The summed E-state index contributed by atoms with van der Waals surface area (Å²) in [5, 5.41) is 0. The smallest absolute Gasteiger partial charge is 0.261 e. The minimum atomic E-state index is -3.65. The van der Waals surface area contributed by atoms with Gasteiger partial charge in [-0.25, -0.2) is 8.42 Å². The summed E-state index contributed by atoms with van der Waals surface area (Å²) >= 11 is 0. The van der Waals surface area contributed by atoms with E-state index in [1.807, 2.05) is 12.1 Å². The van der Waals surface area contributed by atoms with Crippen LogP contribution in [-0.2, 0) is 10.0 Å². The van der Waals surface area contributed by atoms with Gasteiger partial charge in [-0.15, -0.1) is 0 Å². The predicted molar refractivity (Wildman–Crippen MR) is 95.5 cm³/mol. The lowest BCUT2D eigenvalue weighted by atomic mass is 9.99. The Morgan fingerprint density at radius 3 is 2.17 bits per heavy atom. The van der Waals surface area contributed by atoms with Crippen LogP contribution < -0.4 is 14.2 Å². The molecule has 0 saturated heterocycles. The molecule has 0 amide bonds. The highest BCUT2D eigenvalue weighted by atomic mass is 32.2. The summed E-state index contributed by atoms with van der Waals surface area (Å²) in [5.41, 5.74) is 1.54. The van der Waals surface area contributed by atoms with Gasteiger partial charge in [0.15, 0.2) is 11.5 Å². The fourth-order valence-corrected chi connectivity index (χ4v) is 3.37. The molecule has 24 heavy (non-hydrogen) atoms. The van der Waals surface area contributed by atoms with E-state index in [1.165, 1.54) is 14.2 Å². The Balaban J connectivity index is 2.25. The van der Waals surface area contributed by atoms with Crippen molar-refractivity contribution in [1.29, 1.82) is 0 Å². The average molecular weight is 349 g/mol. The van der Waals surface area contributed by atoms with E-state index >= 15 is 0 Å². The van der Waals surface area contributed by atoms with Gasteiger partial charge in [-0.2, -0.15) is 0 Å². The number of anilines is 1. The maximum atomic E-state index is 12.5. The van der Waals surface area contributed by atoms with Crippen molar-refractivity contribution >= 4 is 15.7 Å². The molecule has 0 aliphatic heterocycles. The fourth-order valence-electron chi connectivity index (χ4n) is 2.33. The number of sulfonamides is 1. The third-order valence-corrected chi connectivity index (χ3v) is 5.40. The zero-order valence-corrected chi connectivity index (χ0v) is 15.2. The molecule has 0 spiro atoms. The third-order valence-electron chi connectivity index (χ3n) is 4.01. The van der Waals surface area contributed by atoms with Crippen LogP contribution in [0.2, 0.25) is 0 Å². The highest BCUT2D eigenvalue weighted by Gasteiger charge is 2.16. The lowest BCUT2D eigenvalue weighted by molar-refractivity contribution is 0.355. The van der Waals surface area contributed by atoms with Crippen LogP contribution in [-0.4, -0.2) is 22.6 Å². The molecule has 2 rings (SSSR count). The van der Waals surface area contributed by atoms with Crippen molar-refractivity contribution in [3.05, 3.63) is 48.0 Å². The molecule has 2 aromatic rings. The van der Waals surface area contributed by atoms with Gasteiger partial charge in [0.1, 0.15) is 0 Å². The second-order valence-corrected chi connectivity index (χ2v) is 7.24. The molecule has 0 fully saturated rings. The van der Waals surface area contributed by atoms with Crippen molar-refractivity contribution < 1.29 is 17.9 Å². The molecular formula is C18H23NO4S. The second kappa shape index (κ2) is 7.57. The quantitative estimate of drug-likeness (QED) is 0.820. The van der Waals surface area contributed by atoms with Crippen LogP contribution in [0.5, 0.6) is 11.5 Å². The minimum absolute atomic E-state index is 0.226. The van der Waals surface area contributed by atoms with E-state index in [2.05, 4.69) is 18.6 Å². The Labute approximate surface area is 143 Å². The summed E-state index contributed by atoms with van der Waals surface area (Å²) in [4.78, 5) is 0.226. The van der Waals surface area contributed by atoms with Crippen molar-refractivity contribution in [2.75, 3.05) is 18.9 Å². The number of ether oxygens (including phenoxy) is 2. The maximum Gasteiger partial charge on any atom is 0.261 e. The zero-order valence-electron chi connectivity index (χ0n) is 14.4. The van der Waals surface area contributed by atoms with Crippen molar-refractivity contribution in [3.8, 4) is 11.5 Å². The molecule has 0 heterocycles. The first-order chi connectivity index (χ1) is 11.4. The van der Waals surface area contributed by atoms with Gasteiger partial charge in [0.25, 0.3) is 10.0 Å². The largest absolute Gasteiger partial charge is 0.493 e. The van der Waals surface area contributed by atoms with Gasteiger partial charge in [-0.05, 0) is 42.2 Å². The summed E-state index contributed by atoms with van der Waals surface area (Å²) in [6, 6.07) is 11.9. The molecule has 2 aromatic carbocycles. The molecule has 0 aliphatic rings. The molecule has 6 heteroatoms. The Kier molecular flexibility index (Phi) is 5.72. The van der Waals surface area contributed by atoms with Crippen LogP contribution in [0.3, 0.4) is 0 Å². The molecule has 0 saturated carbocycles. The molecule has 0 radical (unpaired) electrons. The lowest BCUT2D eigenvalue weighted by Crippen LogP contribution is -2.13. The zero-order chi connectivity index (χ0) is 17.7. The molecule has 5 nitrogen and oxygen atoms in total. The number of rotatable bonds is 7. The van der Waals surface area contributed by atoms with Crippen molar-refractivity contribution in [1.82, 2.24) is 0 Å².